The summed E-state index contributed by atoms with van der Waals surface area (Å²) in [7, 11) is 0. The second kappa shape index (κ2) is 10.8. The number of aliphatic hydroxyl groups is 1. The van der Waals surface area contributed by atoms with Gasteiger partial charge in [0.25, 0.3) is 0 Å². The summed E-state index contributed by atoms with van der Waals surface area (Å²) in [5, 5.41) is 20.4. The zero-order valence-electron chi connectivity index (χ0n) is 29.8. The number of rotatable bonds is 4. The second-order valence-electron chi connectivity index (χ2n) is 18.3. The molecule has 1 aliphatic heterocycles. The van der Waals surface area contributed by atoms with Crippen LogP contribution in [0, 0.1) is 51.1 Å². The molecule has 4 saturated carbocycles. The van der Waals surface area contributed by atoms with Crippen LogP contribution < -0.4 is 0 Å². The molecule has 0 amide bonds. The van der Waals surface area contributed by atoms with Crippen molar-refractivity contribution in [2.24, 2.45) is 45.3 Å². The first-order chi connectivity index (χ1) is 21.9. The van der Waals surface area contributed by atoms with Gasteiger partial charge >= 0.3 is 5.97 Å². The molecule has 47 heavy (non-hydrogen) atoms. The first-order valence-electron chi connectivity index (χ1n) is 18.2. The van der Waals surface area contributed by atoms with Crippen molar-refractivity contribution < 1.29 is 23.8 Å². The first-order valence-corrected chi connectivity index (χ1v) is 18.2. The molecule has 0 spiro atoms. The van der Waals surface area contributed by atoms with Gasteiger partial charge in [-0.25, -0.2) is 13.9 Å². The van der Waals surface area contributed by atoms with Crippen LogP contribution in [0.3, 0.4) is 0 Å². The van der Waals surface area contributed by atoms with Crippen molar-refractivity contribution in [1.29, 1.82) is 0 Å². The number of esters is 1. The highest BCUT2D eigenvalue weighted by molar-refractivity contribution is 5.87. The van der Waals surface area contributed by atoms with Crippen molar-refractivity contribution in [1.82, 2.24) is 15.0 Å². The lowest BCUT2D eigenvalue weighted by atomic mass is 9.35. The lowest BCUT2D eigenvalue weighted by Gasteiger charge is -2.70. The molecule has 1 aromatic heterocycles. The number of carbonyl (C=O) groups is 1. The van der Waals surface area contributed by atoms with E-state index in [0.29, 0.717) is 23.4 Å². The van der Waals surface area contributed by atoms with E-state index in [0.717, 1.165) is 57.8 Å². The van der Waals surface area contributed by atoms with Gasteiger partial charge in [-0.15, -0.1) is 5.10 Å². The third kappa shape index (κ3) is 4.96. The van der Waals surface area contributed by atoms with Gasteiger partial charge in [0, 0.05) is 5.41 Å². The molecule has 1 saturated heterocycles. The van der Waals surface area contributed by atoms with Crippen LogP contribution in [0.5, 0.6) is 0 Å². The van der Waals surface area contributed by atoms with Crippen LogP contribution in [0.1, 0.15) is 130 Å². The van der Waals surface area contributed by atoms with E-state index in [4.69, 9.17) is 9.47 Å². The van der Waals surface area contributed by atoms with Crippen LogP contribution in [-0.4, -0.2) is 49.5 Å². The largest absolute Gasteiger partial charge is 0.457 e. The van der Waals surface area contributed by atoms with Crippen LogP contribution in [0.4, 0.5) is 4.39 Å². The molecule has 4 aliphatic carbocycles. The Kier molecular flexibility index (Phi) is 7.65. The van der Waals surface area contributed by atoms with Crippen molar-refractivity contribution in [3.63, 3.8) is 0 Å². The summed E-state index contributed by atoms with van der Waals surface area (Å²) < 4.78 is 28.1. The van der Waals surface area contributed by atoms with Gasteiger partial charge in [-0.2, -0.15) is 0 Å². The Balaban J connectivity index is 1.11. The van der Waals surface area contributed by atoms with E-state index in [9.17, 15) is 14.3 Å². The highest BCUT2D eigenvalue weighted by Crippen LogP contribution is 2.76. The second-order valence-corrected chi connectivity index (χ2v) is 18.3. The van der Waals surface area contributed by atoms with Gasteiger partial charge in [0.05, 0.1) is 29.2 Å². The van der Waals surface area contributed by atoms with E-state index in [-0.39, 0.29) is 62.5 Å². The van der Waals surface area contributed by atoms with E-state index in [1.165, 1.54) is 23.2 Å². The lowest BCUT2D eigenvalue weighted by molar-refractivity contribution is -0.257. The van der Waals surface area contributed by atoms with E-state index >= 15 is 0 Å². The predicted octanol–water partition coefficient (Wildman–Crippen LogP) is 8.33. The van der Waals surface area contributed by atoms with Crippen molar-refractivity contribution in [2.75, 3.05) is 0 Å². The van der Waals surface area contributed by atoms with E-state index in [2.05, 4.69) is 65.7 Å². The SMILES string of the molecule is CC1(C)CCC[C@](C)([C@H]2CC[C@]3(C)[C@@H]2[C@H](O)C[C@@H]2[C@@]4(C)CC[C@H](OC(=O)c5cn(-c6ccc(F)cc6)nn5)C(C)(C)[C@@H]4CC[C@]23C)O1. The minimum Gasteiger partial charge on any atom is -0.457 e. The van der Waals surface area contributed by atoms with Crippen LogP contribution >= 0.6 is 0 Å². The highest BCUT2D eigenvalue weighted by atomic mass is 19.1. The molecule has 2 heterocycles. The topological polar surface area (TPSA) is 86.5 Å². The quantitative estimate of drug-likeness (QED) is 0.335. The van der Waals surface area contributed by atoms with Gasteiger partial charge < -0.3 is 14.6 Å². The highest BCUT2D eigenvalue weighted by Gasteiger charge is 2.72. The summed E-state index contributed by atoms with van der Waals surface area (Å²) in [5.41, 5.74) is 0.430. The third-order valence-corrected chi connectivity index (χ3v) is 15.1. The number of halogens is 1. The van der Waals surface area contributed by atoms with Crippen LogP contribution in [0.2, 0.25) is 0 Å². The lowest BCUT2D eigenvalue weighted by Crippen LogP contribution is -2.67. The normalized spacial score (nSPS) is 43.8. The molecular weight excluding hydrogens is 593 g/mol. The minimum absolute atomic E-state index is 0.0331. The summed E-state index contributed by atoms with van der Waals surface area (Å²) in [4.78, 5) is 13.4. The molecule has 5 aliphatic rings. The van der Waals surface area contributed by atoms with Crippen molar-refractivity contribution >= 4 is 5.97 Å². The Hall–Kier alpha value is -2.32. The zero-order chi connectivity index (χ0) is 33.8. The third-order valence-electron chi connectivity index (χ3n) is 15.1. The Morgan fingerprint density at radius 3 is 2.32 bits per heavy atom. The zero-order valence-corrected chi connectivity index (χ0v) is 29.8. The molecule has 0 bridgehead atoms. The van der Waals surface area contributed by atoms with Crippen LogP contribution in [0.15, 0.2) is 30.5 Å². The molecule has 258 valence electrons. The molecule has 1 N–H and O–H groups in total. The van der Waals surface area contributed by atoms with Gasteiger partial charge in [0.15, 0.2) is 5.69 Å². The summed E-state index contributed by atoms with van der Waals surface area (Å²) in [6.07, 6.45) is 11.4. The fourth-order valence-corrected chi connectivity index (χ4v) is 12.8. The number of aromatic nitrogens is 3. The molecule has 1 aromatic carbocycles. The van der Waals surface area contributed by atoms with Gasteiger partial charge in [0.2, 0.25) is 0 Å². The van der Waals surface area contributed by atoms with Crippen LogP contribution in [-0.2, 0) is 9.47 Å². The standard InChI is InChI=1S/C39H56FN3O4/c1-34(2)17-9-18-39(8,47-34)26-14-20-38(7)32(26)28(44)22-30-36(5)19-16-31(35(3,4)29(36)15-21-37(30,38)6)46-33(45)27-23-43(42-41-27)25-12-10-24(40)11-13-25/h10-13,23,26,28-32,44H,9,14-22H2,1-8H3/t26-,28+,29-,30+,31-,32-,36-,37+,38+,39+/m0/s1. The molecular formula is C39H56FN3O4. The average Bonchev–Trinajstić information content (AvgIpc) is 3.63. The van der Waals surface area contributed by atoms with Gasteiger partial charge in [0.1, 0.15) is 11.9 Å². The minimum atomic E-state index is -0.470. The number of aliphatic hydroxyl groups excluding tert-OH is 1. The molecule has 5 fully saturated rings. The predicted molar refractivity (Wildman–Crippen MR) is 178 cm³/mol. The number of ether oxygens (including phenoxy) is 2. The van der Waals surface area contributed by atoms with E-state index in [1.807, 2.05) is 0 Å². The maximum Gasteiger partial charge on any atom is 0.360 e. The van der Waals surface area contributed by atoms with Gasteiger partial charge in [-0.05, 0) is 149 Å². The summed E-state index contributed by atoms with van der Waals surface area (Å²) in [6.45, 7) is 19.0. The Labute approximate surface area is 280 Å². The molecule has 7 nitrogen and oxygen atoms in total. The molecule has 0 radical (unpaired) electrons. The number of benzene rings is 1. The van der Waals surface area contributed by atoms with E-state index < -0.39 is 5.97 Å². The number of hydrogen-bond donors (Lipinski definition) is 1. The molecule has 0 unspecified atom stereocenters. The van der Waals surface area contributed by atoms with Crippen molar-refractivity contribution in [3.05, 3.63) is 42.0 Å². The Morgan fingerprint density at radius 1 is 0.915 bits per heavy atom. The monoisotopic (exact) mass is 649 g/mol. The number of hydrogen-bond acceptors (Lipinski definition) is 6. The first kappa shape index (κ1) is 33.2. The maximum absolute atomic E-state index is 13.4. The molecule has 7 rings (SSSR count). The maximum atomic E-state index is 13.4. The van der Waals surface area contributed by atoms with Crippen LogP contribution in [0.25, 0.3) is 5.69 Å². The smallest absolute Gasteiger partial charge is 0.360 e. The molecule has 2 aromatic rings. The van der Waals surface area contributed by atoms with Gasteiger partial charge in [-0.1, -0.05) is 39.8 Å². The number of carbonyl (C=O) groups excluding carboxylic acids is 1. The van der Waals surface area contributed by atoms with Gasteiger partial charge in [-0.3, -0.25) is 0 Å². The summed E-state index contributed by atoms with van der Waals surface area (Å²) in [5.74, 6) is 0.572. The average molecular weight is 650 g/mol. The van der Waals surface area contributed by atoms with Crippen molar-refractivity contribution in [2.45, 2.75) is 143 Å². The fourth-order valence-electron chi connectivity index (χ4n) is 12.8. The van der Waals surface area contributed by atoms with Crippen molar-refractivity contribution in [3.8, 4) is 5.69 Å². The van der Waals surface area contributed by atoms with E-state index in [1.54, 1.807) is 18.3 Å². The Morgan fingerprint density at radius 2 is 1.62 bits per heavy atom. The number of nitrogens with zero attached hydrogens (tertiary/aromatic N) is 3. The number of fused-ring (bicyclic) bond motifs is 5. The fraction of sp³-hybridized carbons (Fsp3) is 0.769. The summed E-state index contributed by atoms with van der Waals surface area (Å²) in [6, 6.07) is 5.91. The summed E-state index contributed by atoms with van der Waals surface area (Å²) >= 11 is 0. The Bertz CT molecular complexity index is 1520. The molecule has 10 atom stereocenters. The molecule has 8 heteroatoms.